The topological polar surface area (TPSA) is 75.7 Å². The molecule has 1 amide bonds. The van der Waals surface area contributed by atoms with Crippen molar-refractivity contribution in [3.05, 3.63) is 52.4 Å². The average molecular weight is 380 g/mol. The second-order valence-corrected chi connectivity index (χ2v) is 9.12. The van der Waals surface area contributed by atoms with Crippen LogP contribution in [0.2, 0.25) is 0 Å². The number of rotatable bonds is 5. The molecule has 25 heavy (non-hydrogen) atoms. The van der Waals surface area contributed by atoms with Gasteiger partial charge in [-0.15, -0.1) is 11.3 Å². The normalized spacial score (nSPS) is 15.9. The van der Waals surface area contributed by atoms with Crippen LogP contribution in [0, 0.1) is 6.92 Å². The second-order valence-electron chi connectivity index (χ2n) is 5.79. The molecule has 1 aromatic carbocycles. The van der Waals surface area contributed by atoms with E-state index in [0.29, 0.717) is 42.6 Å². The molecule has 1 aromatic heterocycles. The first kappa shape index (κ1) is 18.1. The fraction of sp³-hybridized carbons (Fsp3) is 0.353. The Hall–Kier alpha value is -1.74. The molecule has 2 aromatic rings. The van der Waals surface area contributed by atoms with Gasteiger partial charge in [-0.1, -0.05) is 17.7 Å². The van der Waals surface area contributed by atoms with Gasteiger partial charge in [0.25, 0.3) is 15.9 Å². The fourth-order valence-corrected chi connectivity index (χ4v) is 5.34. The third-order valence-corrected chi connectivity index (χ3v) is 7.39. The first-order valence-corrected chi connectivity index (χ1v) is 10.2. The molecule has 0 atom stereocenters. The van der Waals surface area contributed by atoms with Crippen molar-refractivity contribution < 1.29 is 17.9 Å². The SMILES string of the molecule is Cc1ccc(C(=O)NCc2ccc(S(=O)(=O)N3CCOCC3)s2)cc1. The van der Waals surface area contributed by atoms with Crippen LogP contribution < -0.4 is 5.32 Å². The van der Waals surface area contributed by atoms with Crippen molar-refractivity contribution in [3.63, 3.8) is 0 Å². The Morgan fingerprint density at radius 3 is 2.52 bits per heavy atom. The first-order valence-electron chi connectivity index (χ1n) is 7.98. The Balaban J connectivity index is 1.63. The van der Waals surface area contributed by atoms with Gasteiger partial charge in [-0.25, -0.2) is 8.42 Å². The molecule has 8 heteroatoms. The van der Waals surface area contributed by atoms with Gasteiger partial charge in [0.15, 0.2) is 0 Å². The lowest BCUT2D eigenvalue weighted by atomic mass is 10.1. The molecule has 134 valence electrons. The van der Waals surface area contributed by atoms with Crippen molar-refractivity contribution in [2.75, 3.05) is 26.3 Å². The van der Waals surface area contributed by atoms with E-state index >= 15 is 0 Å². The molecule has 0 aliphatic carbocycles. The molecule has 1 aliphatic rings. The lowest BCUT2D eigenvalue weighted by molar-refractivity contribution is 0.0731. The van der Waals surface area contributed by atoms with Crippen LogP contribution in [0.1, 0.15) is 20.8 Å². The highest BCUT2D eigenvalue weighted by molar-refractivity contribution is 7.91. The minimum atomic E-state index is -3.48. The number of ether oxygens (including phenoxy) is 1. The largest absolute Gasteiger partial charge is 0.379 e. The molecule has 1 saturated heterocycles. The van der Waals surface area contributed by atoms with E-state index < -0.39 is 10.0 Å². The van der Waals surface area contributed by atoms with Gasteiger partial charge in [0.1, 0.15) is 4.21 Å². The molecule has 2 heterocycles. The maximum atomic E-state index is 12.6. The quantitative estimate of drug-likeness (QED) is 0.861. The van der Waals surface area contributed by atoms with Gasteiger partial charge in [0.05, 0.1) is 19.8 Å². The van der Waals surface area contributed by atoms with Crippen LogP contribution in [-0.4, -0.2) is 44.9 Å². The third-order valence-electron chi connectivity index (χ3n) is 3.94. The Bertz CT molecular complexity index is 838. The molecule has 0 bridgehead atoms. The molecule has 0 radical (unpaired) electrons. The Morgan fingerprint density at radius 1 is 1.16 bits per heavy atom. The van der Waals surface area contributed by atoms with E-state index in [4.69, 9.17) is 4.74 Å². The molecule has 0 spiro atoms. The van der Waals surface area contributed by atoms with E-state index in [0.717, 1.165) is 10.4 Å². The molecule has 0 saturated carbocycles. The number of nitrogens with zero attached hydrogens (tertiary/aromatic N) is 1. The summed E-state index contributed by atoms with van der Waals surface area (Å²) in [4.78, 5) is 12.9. The summed E-state index contributed by atoms with van der Waals surface area (Å²) < 4.78 is 32.1. The zero-order chi connectivity index (χ0) is 17.9. The van der Waals surface area contributed by atoms with Crippen LogP contribution in [0.25, 0.3) is 0 Å². The summed E-state index contributed by atoms with van der Waals surface area (Å²) in [6, 6.07) is 10.6. The molecule has 6 nitrogen and oxygen atoms in total. The van der Waals surface area contributed by atoms with Crippen LogP contribution in [0.4, 0.5) is 0 Å². The zero-order valence-corrected chi connectivity index (χ0v) is 15.5. The summed E-state index contributed by atoms with van der Waals surface area (Å²) in [5.74, 6) is -0.175. The second kappa shape index (κ2) is 7.65. The van der Waals surface area contributed by atoms with E-state index in [1.807, 2.05) is 19.1 Å². The Morgan fingerprint density at radius 2 is 1.84 bits per heavy atom. The van der Waals surface area contributed by atoms with Crippen molar-refractivity contribution in [3.8, 4) is 0 Å². The van der Waals surface area contributed by atoms with Gasteiger partial charge in [-0.05, 0) is 31.2 Å². The van der Waals surface area contributed by atoms with Crippen molar-refractivity contribution >= 4 is 27.3 Å². The monoisotopic (exact) mass is 380 g/mol. The minimum absolute atomic E-state index is 0.175. The van der Waals surface area contributed by atoms with E-state index in [9.17, 15) is 13.2 Å². The Labute approximate surface area is 151 Å². The van der Waals surface area contributed by atoms with E-state index in [1.54, 1.807) is 24.3 Å². The number of hydrogen-bond donors (Lipinski definition) is 1. The number of sulfonamides is 1. The fourth-order valence-electron chi connectivity index (χ4n) is 2.48. The zero-order valence-electron chi connectivity index (χ0n) is 13.9. The standard InChI is InChI=1S/C17H20N2O4S2/c1-13-2-4-14(5-3-13)17(20)18-12-15-6-7-16(24-15)25(21,22)19-8-10-23-11-9-19/h2-7H,8-12H2,1H3,(H,18,20). The molecule has 1 aliphatic heterocycles. The molecular weight excluding hydrogens is 360 g/mol. The number of carbonyl (C=O) groups excluding carboxylic acids is 1. The highest BCUT2D eigenvalue weighted by atomic mass is 32.2. The first-order chi connectivity index (χ1) is 12.0. The maximum Gasteiger partial charge on any atom is 0.252 e. The molecule has 1 N–H and O–H groups in total. The maximum absolute atomic E-state index is 12.6. The van der Waals surface area contributed by atoms with Crippen molar-refractivity contribution in [2.24, 2.45) is 0 Å². The van der Waals surface area contributed by atoms with E-state index in [-0.39, 0.29) is 5.91 Å². The van der Waals surface area contributed by atoms with Crippen molar-refractivity contribution in [1.29, 1.82) is 0 Å². The summed E-state index contributed by atoms with van der Waals surface area (Å²) >= 11 is 1.19. The van der Waals surface area contributed by atoms with Crippen LogP contribution in [0.15, 0.2) is 40.6 Å². The average Bonchev–Trinajstić information content (AvgIpc) is 3.11. The van der Waals surface area contributed by atoms with E-state index in [1.165, 1.54) is 15.6 Å². The summed E-state index contributed by atoms with van der Waals surface area (Å²) in [6.07, 6.45) is 0. The van der Waals surface area contributed by atoms with Crippen LogP contribution in [0.3, 0.4) is 0 Å². The highest BCUT2D eigenvalue weighted by Gasteiger charge is 2.27. The predicted molar refractivity (Wildman–Crippen MR) is 96.2 cm³/mol. The summed E-state index contributed by atoms with van der Waals surface area (Å²) in [7, 11) is -3.48. The van der Waals surface area contributed by atoms with Crippen molar-refractivity contribution in [1.82, 2.24) is 9.62 Å². The van der Waals surface area contributed by atoms with Gasteiger partial charge in [-0.2, -0.15) is 4.31 Å². The smallest absolute Gasteiger partial charge is 0.252 e. The number of thiophene rings is 1. The lowest BCUT2D eigenvalue weighted by Gasteiger charge is -2.25. The molecule has 1 fully saturated rings. The number of morpholine rings is 1. The van der Waals surface area contributed by atoms with Crippen LogP contribution in [-0.2, 0) is 21.3 Å². The van der Waals surface area contributed by atoms with E-state index in [2.05, 4.69) is 5.32 Å². The molecular formula is C17H20N2O4S2. The summed E-state index contributed by atoms with van der Waals surface area (Å²) in [5, 5.41) is 2.82. The minimum Gasteiger partial charge on any atom is -0.379 e. The van der Waals surface area contributed by atoms with Gasteiger partial charge >= 0.3 is 0 Å². The number of benzene rings is 1. The summed E-state index contributed by atoms with van der Waals surface area (Å²) in [6.45, 7) is 3.85. The highest BCUT2D eigenvalue weighted by Crippen LogP contribution is 2.25. The van der Waals surface area contributed by atoms with Crippen molar-refractivity contribution in [2.45, 2.75) is 17.7 Å². The number of nitrogens with one attached hydrogen (secondary N) is 1. The van der Waals surface area contributed by atoms with Gasteiger partial charge < -0.3 is 10.1 Å². The number of amides is 1. The van der Waals surface area contributed by atoms with Gasteiger partial charge in [0.2, 0.25) is 0 Å². The number of carbonyl (C=O) groups is 1. The van der Waals surface area contributed by atoms with Gasteiger partial charge in [0, 0.05) is 23.5 Å². The molecule has 0 unspecified atom stereocenters. The van der Waals surface area contributed by atoms with Crippen LogP contribution >= 0.6 is 11.3 Å². The third kappa shape index (κ3) is 4.27. The molecule has 3 rings (SSSR count). The summed E-state index contributed by atoms with van der Waals surface area (Å²) in [5.41, 5.74) is 1.68. The Kier molecular flexibility index (Phi) is 5.53. The number of hydrogen-bond acceptors (Lipinski definition) is 5. The van der Waals surface area contributed by atoms with Gasteiger partial charge in [-0.3, -0.25) is 4.79 Å². The predicted octanol–water partition coefficient (Wildman–Crippen LogP) is 2.01. The lowest BCUT2D eigenvalue weighted by Crippen LogP contribution is -2.40. The number of aryl methyl sites for hydroxylation is 1. The van der Waals surface area contributed by atoms with Crippen LogP contribution in [0.5, 0.6) is 0 Å².